The van der Waals surface area contributed by atoms with Crippen molar-refractivity contribution in [3.63, 3.8) is 0 Å². The molecule has 4 aromatic rings. The van der Waals surface area contributed by atoms with Gasteiger partial charge in [-0.3, -0.25) is 4.79 Å². The number of pyridine rings is 1. The smallest absolute Gasteiger partial charge is 0.251 e. The van der Waals surface area contributed by atoms with E-state index in [1.54, 1.807) is 49.4 Å². The summed E-state index contributed by atoms with van der Waals surface area (Å²) in [6.45, 7) is 4.57. The number of aryl methyl sites for hydroxylation is 1. The standard InChI is InChI=1S/C30H30ClFN4O4/c1-16-11-18-12-19(13-23(40-4)26(18)36-35-16)28(37)33-15-30(39,20-7-8-20)24-14-22(29(2,3)38)25(32)27(34-24)17-5-9-21(31)10-6-17/h5-6,9-14,20,38-39H,7-8,15H2,1-4H3,(H,33,37)/t30-/m1/s1. The molecule has 1 aliphatic carbocycles. The number of halogens is 2. The SMILES string of the molecule is COc1cc(C(=O)NC[C@](O)(c2cc(C(C)(C)O)c(F)c(-c3ccc(Cl)cc3)n2)C2CC2)cc2cc(C)nnc12. The summed E-state index contributed by atoms with van der Waals surface area (Å²) in [5.74, 6) is -0.934. The number of nitrogens with one attached hydrogen (secondary N) is 1. The van der Waals surface area contributed by atoms with E-state index in [1.165, 1.54) is 27.0 Å². The lowest BCUT2D eigenvalue weighted by Gasteiger charge is -2.31. The third-order valence-corrected chi connectivity index (χ3v) is 7.46. The Kier molecular flexibility index (Phi) is 7.24. The van der Waals surface area contributed by atoms with Gasteiger partial charge >= 0.3 is 0 Å². The number of rotatable bonds is 8. The fourth-order valence-electron chi connectivity index (χ4n) is 4.83. The molecule has 0 bridgehead atoms. The minimum atomic E-state index is -1.60. The summed E-state index contributed by atoms with van der Waals surface area (Å²) >= 11 is 6.03. The molecule has 10 heteroatoms. The molecule has 2 aromatic heterocycles. The van der Waals surface area contributed by atoms with E-state index in [-0.39, 0.29) is 29.4 Å². The first-order valence-electron chi connectivity index (χ1n) is 12.9. The van der Waals surface area contributed by atoms with E-state index in [1.807, 2.05) is 0 Å². The van der Waals surface area contributed by atoms with E-state index in [0.29, 0.717) is 51.3 Å². The molecular formula is C30H30ClFN4O4. The molecule has 0 radical (unpaired) electrons. The summed E-state index contributed by atoms with van der Waals surface area (Å²) in [5, 5.41) is 35.0. The van der Waals surface area contributed by atoms with Crippen molar-refractivity contribution in [1.29, 1.82) is 0 Å². The molecule has 1 amide bonds. The molecule has 2 aromatic carbocycles. The highest BCUT2D eigenvalue weighted by Crippen LogP contribution is 2.46. The molecule has 1 atom stereocenters. The summed E-state index contributed by atoms with van der Waals surface area (Å²) in [6, 6.07) is 12.9. The van der Waals surface area contributed by atoms with Crippen molar-refractivity contribution in [2.45, 2.75) is 44.8 Å². The van der Waals surface area contributed by atoms with Gasteiger partial charge in [-0.1, -0.05) is 23.7 Å². The molecule has 0 unspecified atom stereocenters. The summed E-state index contributed by atoms with van der Waals surface area (Å²) in [7, 11) is 1.49. The zero-order chi connectivity index (χ0) is 28.8. The molecule has 1 aliphatic rings. The van der Waals surface area contributed by atoms with Gasteiger partial charge in [0.2, 0.25) is 0 Å². The highest BCUT2D eigenvalue weighted by molar-refractivity contribution is 6.30. The molecular weight excluding hydrogens is 535 g/mol. The van der Waals surface area contributed by atoms with Crippen LogP contribution in [0.15, 0.2) is 48.5 Å². The molecule has 40 heavy (non-hydrogen) atoms. The van der Waals surface area contributed by atoms with Crippen LogP contribution in [0.1, 0.15) is 54.0 Å². The molecule has 2 heterocycles. The average molecular weight is 565 g/mol. The topological polar surface area (TPSA) is 117 Å². The number of amides is 1. The number of ether oxygens (including phenoxy) is 1. The number of hydrogen-bond donors (Lipinski definition) is 3. The van der Waals surface area contributed by atoms with Crippen molar-refractivity contribution in [3.05, 3.63) is 81.9 Å². The quantitative estimate of drug-likeness (QED) is 0.274. The maximum Gasteiger partial charge on any atom is 0.251 e. The molecule has 0 aliphatic heterocycles. The largest absolute Gasteiger partial charge is 0.494 e. The third-order valence-electron chi connectivity index (χ3n) is 7.21. The first kappa shape index (κ1) is 27.9. The van der Waals surface area contributed by atoms with Crippen LogP contribution in [0, 0.1) is 18.7 Å². The zero-order valence-corrected chi connectivity index (χ0v) is 23.4. The number of carbonyl (C=O) groups excluding carboxylic acids is 1. The Morgan fingerprint density at radius 1 is 1.12 bits per heavy atom. The van der Waals surface area contributed by atoms with Gasteiger partial charge in [0.15, 0.2) is 5.82 Å². The van der Waals surface area contributed by atoms with Crippen LogP contribution < -0.4 is 10.1 Å². The summed E-state index contributed by atoms with van der Waals surface area (Å²) in [5.41, 5.74) is -1.04. The predicted molar refractivity (Wildman–Crippen MR) is 150 cm³/mol. The van der Waals surface area contributed by atoms with Crippen LogP contribution in [0.2, 0.25) is 5.02 Å². The highest BCUT2D eigenvalue weighted by atomic mass is 35.5. The first-order valence-corrected chi connectivity index (χ1v) is 13.3. The van der Waals surface area contributed by atoms with E-state index in [4.69, 9.17) is 16.3 Å². The number of hydrogen-bond acceptors (Lipinski definition) is 7. The van der Waals surface area contributed by atoms with Gasteiger partial charge in [-0.15, -0.1) is 5.10 Å². The Bertz CT molecular complexity index is 1600. The highest BCUT2D eigenvalue weighted by Gasteiger charge is 2.47. The maximum absolute atomic E-state index is 15.7. The summed E-state index contributed by atoms with van der Waals surface area (Å²) in [4.78, 5) is 17.9. The van der Waals surface area contributed by atoms with Gasteiger partial charge in [-0.2, -0.15) is 5.10 Å². The Labute approximate surface area is 236 Å². The molecule has 1 fully saturated rings. The maximum atomic E-state index is 15.7. The minimum absolute atomic E-state index is 0.0106. The van der Waals surface area contributed by atoms with Crippen LogP contribution in [-0.2, 0) is 11.2 Å². The van der Waals surface area contributed by atoms with Crippen molar-refractivity contribution in [1.82, 2.24) is 20.5 Å². The van der Waals surface area contributed by atoms with E-state index >= 15 is 4.39 Å². The molecule has 5 rings (SSSR count). The van der Waals surface area contributed by atoms with E-state index in [9.17, 15) is 15.0 Å². The van der Waals surface area contributed by atoms with E-state index in [0.717, 1.165) is 0 Å². The van der Waals surface area contributed by atoms with Gasteiger partial charge in [0.05, 0.1) is 30.6 Å². The van der Waals surface area contributed by atoms with Crippen LogP contribution in [0.4, 0.5) is 4.39 Å². The Morgan fingerprint density at radius 3 is 2.45 bits per heavy atom. The van der Waals surface area contributed by atoms with Crippen LogP contribution in [0.3, 0.4) is 0 Å². The van der Waals surface area contributed by atoms with Crippen LogP contribution >= 0.6 is 11.6 Å². The molecule has 1 saturated carbocycles. The molecule has 3 N–H and O–H groups in total. The number of carbonyl (C=O) groups is 1. The first-order chi connectivity index (χ1) is 18.9. The van der Waals surface area contributed by atoms with Gasteiger partial charge in [-0.05, 0) is 75.9 Å². The van der Waals surface area contributed by atoms with Crippen molar-refractivity contribution < 1.29 is 24.1 Å². The fourth-order valence-corrected chi connectivity index (χ4v) is 4.96. The van der Waals surface area contributed by atoms with Crippen molar-refractivity contribution in [2.75, 3.05) is 13.7 Å². The zero-order valence-electron chi connectivity index (χ0n) is 22.6. The number of benzene rings is 2. The number of aromatic nitrogens is 3. The summed E-state index contributed by atoms with van der Waals surface area (Å²) in [6.07, 6.45) is 1.42. The molecule has 8 nitrogen and oxygen atoms in total. The molecule has 208 valence electrons. The van der Waals surface area contributed by atoms with Gasteiger partial charge < -0.3 is 20.3 Å². The second kappa shape index (κ2) is 10.4. The van der Waals surface area contributed by atoms with E-state index in [2.05, 4.69) is 20.5 Å². The van der Waals surface area contributed by atoms with Gasteiger partial charge in [-0.25, -0.2) is 9.37 Å². The van der Waals surface area contributed by atoms with Gasteiger partial charge in [0.25, 0.3) is 5.91 Å². The normalized spacial score (nSPS) is 15.1. The number of nitrogens with zero attached hydrogens (tertiary/aromatic N) is 3. The molecule has 0 spiro atoms. The lowest BCUT2D eigenvalue weighted by Crippen LogP contribution is -2.43. The Hall–Kier alpha value is -3.66. The summed E-state index contributed by atoms with van der Waals surface area (Å²) < 4.78 is 21.1. The van der Waals surface area contributed by atoms with Crippen molar-refractivity contribution >= 4 is 28.4 Å². The predicted octanol–water partition coefficient (Wildman–Crippen LogP) is 5.06. The third kappa shape index (κ3) is 5.37. The number of methoxy groups -OCH3 is 1. The lowest BCUT2D eigenvalue weighted by molar-refractivity contribution is 0.00864. The van der Waals surface area contributed by atoms with Gasteiger partial charge in [0.1, 0.15) is 22.6 Å². The van der Waals surface area contributed by atoms with Crippen LogP contribution in [0.5, 0.6) is 5.75 Å². The lowest BCUT2D eigenvalue weighted by atomic mass is 9.87. The Morgan fingerprint density at radius 2 is 1.82 bits per heavy atom. The second-order valence-electron chi connectivity index (χ2n) is 10.8. The van der Waals surface area contributed by atoms with Crippen LogP contribution in [0.25, 0.3) is 22.2 Å². The molecule has 0 saturated heterocycles. The minimum Gasteiger partial charge on any atom is -0.494 e. The second-order valence-corrected chi connectivity index (χ2v) is 11.2. The average Bonchev–Trinajstić information content (AvgIpc) is 3.77. The number of aliphatic hydroxyl groups is 2. The van der Waals surface area contributed by atoms with E-state index < -0.39 is 22.9 Å². The Balaban J connectivity index is 1.52. The van der Waals surface area contributed by atoms with Gasteiger partial charge in [0, 0.05) is 27.1 Å². The monoisotopic (exact) mass is 564 g/mol. The van der Waals surface area contributed by atoms with Crippen molar-refractivity contribution in [3.8, 4) is 17.0 Å². The van der Waals surface area contributed by atoms with Crippen LogP contribution in [-0.4, -0.2) is 45.0 Å². The van der Waals surface area contributed by atoms with Crippen molar-refractivity contribution in [2.24, 2.45) is 5.92 Å². The fraction of sp³-hybridized carbons (Fsp3) is 0.333. The number of fused-ring (bicyclic) bond motifs is 1.